The molecule has 0 spiro atoms. The van der Waals surface area contributed by atoms with Crippen LogP contribution in [0.3, 0.4) is 0 Å². The topological polar surface area (TPSA) is 87.2 Å². The molecule has 100 valence electrons. The Bertz CT molecular complexity index is 560. The van der Waals surface area contributed by atoms with Gasteiger partial charge in [0.1, 0.15) is 0 Å². The second-order valence-electron chi connectivity index (χ2n) is 3.68. The van der Waals surface area contributed by atoms with E-state index in [-0.39, 0.29) is 23.7 Å². The minimum absolute atomic E-state index is 0.00331. The van der Waals surface area contributed by atoms with Crippen molar-refractivity contribution in [3.63, 3.8) is 0 Å². The van der Waals surface area contributed by atoms with E-state index in [9.17, 15) is 17.2 Å². The lowest BCUT2D eigenvalue weighted by Gasteiger charge is -2.16. The number of nitrogens with two attached hydrogens (primary N) is 1. The second-order valence-corrected chi connectivity index (χ2v) is 5.72. The van der Waals surface area contributed by atoms with Gasteiger partial charge in [0, 0.05) is 20.0 Å². The van der Waals surface area contributed by atoms with Gasteiger partial charge >= 0.3 is 0 Å². The first-order valence-corrected chi connectivity index (χ1v) is 6.43. The Morgan fingerprint density at radius 3 is 2.50 bits per heavy atom. The van der Waals surface area contributed by atoms with Crippen molar-refractivity contribution in [2.75, 3.05) is 13.6 Å². The number of nitrogens with zero attached hydrogens (tertiary/aromatic N) is 1. The Hall–Kier alpha value is -1.54. The highest BCUT2D eigenvalue weighted by Gasteiger charge is 2.21. The predicted molar refractivity (Wildman–Crippen MR) is 62.7 cm³/mol. The first-order valence-electron chi connectivity index (χ1n) is 4.99. The lowest BCUT2D eigenvalue weighted by molar-refractivity contribution is 0.473. The molecule has 0 bridgehead atoms. The van der Waals surface area contributed by atoms with Crippen molar-refractivity contribution in [1.82, 2.24) is 4.31 Å². The zero-order valence-corrected chi connectivity index (χ0v) is 10.5. The van der Waals surface area contributed by atoms with Crippen molar-refractivity contribution >= 4 is 15.9 Å². The summed E-state index contributed by atoms with van der Waals surface area (Å²) in [6.07, 6.45) is 0.0689. The summed E-state index contributed by atoms with van der Waals surface area (Å²) in [5.74, 6) is -2.49. The molecule has 0 heterocycles. The van der Waals surface area contributed by atoms with Gasteiger partial charge in [-0.2, -0.15) is 0 Å². The summed E-state index contributed by atoms with van der Waals surface area (Å²) in [7, 11) is -2.62. The van der Waals surface area contributed by atoms with E-state index in [1.54, 1.807) is 0 Å². The molecule has 0 unspecified atom stereocenters. The van der Waals surface area contributed by atoms with Crippen LogP contribution in [-0.4, -0.2) is 32.2 Å². The Labute approximate surface area is 104 Å². The minimum atomic E-state index is -3.90. The van der Waals surface area contributed by atoms with E-state index in [1.165, 1.54) is 7.05 Å². The van der Waals surface area contributed by atoms with Crippen LogP contribution in [0.4, 0.5) is 8.78 Å². The maximum Gasteiger partial charge on any atom is 0.242 e. The van der Waals surface area contributed by atoms with Gasteiger partial charge in [0.05, 0.1) is 10.7 Å². The van der Waals surface area contributed by atoms with Gasteiger partial charge in [-0.3, -0.25) is 5.41 Å². The highest BCUT2D eigenvalue weighted by Crippen LogP contribution is 2.17. The third kappa shape index (κ3) is 3.23. The van der Waals surface area contributed by atoms with Crippen LogP contribution >= 0.6 is 0 Å². The molecular formula is C10H13F2N3O2S. The average molecular weight is 277 g/mol. The normalized spacial score (nSPS) is 11.8. The van der Waals surface area contributed by atoms with Crippen LogP contribution in [0.2, 0.25) is 0 Å². The smallest absolute Gasteiger partial charge is 0.242 e. The quantitative estimate of drug-likeness (QED) is 0.619. The van der Waals surface area contributed by atoms with E-state index in [0.717, 1.165) is 16.4 Å². The molecule has 0 aliphatic rings. The third-order valence-corrected chi connectivity index (χ3v) is 4.15. The van der Waals surface area contributed by atoms with Crippen molar-refractivity contribution in [1.29, 1.82) is 5.41 Å². The fourth-order valence-electron chi connectivity index (χ4n) is 1.22. The largest absolute Gasteiger partial charge is 0.388 e. The molecule has 0 saturated heterocycles. The number of hydrogen-bond acceptors (Lipinski definition) is 3. The number of halogens is 2. The van der Waals surface area contributed by atoms with Crippen LogP contribution in [0, 0.1) is 17.0 Å². The Balaban J connectivity index is 2.98. The van der Waals surface area contributed by atoms with E-state index in [1.807, 2.05) is 0 Å². The molecule has 0 atom stereocenters. The number of sulfonamides is 1. The maximum atomic E-state index is 13.0. The van der Waals surface area contributed by atoms with E-state index in [2.05, 4.69) is 0 Å². The summed E-state index contributed by atoms with van der Waals surface area (Å²) in [5.41, 5.74) is 5.12. The lowest BCUT2D eigenvalue weighted by atomic mass is 10.3. The zero-order valence-electron chi connectivity index (χ0n) is 9.65. The van der Waals surface area contributed by atoms with Crippen LogP contribution < -0.4 is 5.73 Å². The second kappa shape index (κ2) is 5.40. The summed E-state index contributed by atoms with van der Waals surface area (Å²) in [4.78, 5) is -0.340. The van der Waals surface area contributed by atoms with Gasteiger partial charge in [-0.15, -0.1) is 0 Å². The van der Waals surface area contributed by atoms with Gasteiger partial charge in [-0.05, 0) is 18.2 Å². The summed E-state index contributed by atoms with van der Waals surface area (Å²) in [6.45, 7) is -0.00331. The fourth-order valence-corrected chi connectivity index (χ4v) is 2.40. The Morgan fingerprint density at radius 1 is 1.39 bits per heavy atom. The Kier molecular flexibility index (Phi) is 4.36. The molecule has 5 nitrogen and oxygen atoms in total. The van der Waals surface area contributed by atoms with E-state index >= 15 is 0 Å². The molecule has 0 saturated carbocycles. The Morgan fingerprint density at radius 2 is 2.00 bits per heavy atom. The average Bonchev–Trinajstić information content (AvgIpc) is 2.29. The monoisotopic (exact) mass is 277 g/mol. The highest BCUT2D eigenvalue weighted by atomic mass is 32.2. The molecule has 1 rings (SSSR count). The van der Waals surface area contributed by atoms with E-state index in [4.69, 9.17) is 11.1 Å². The van der Waals surface area contributed by atoms with Crippen LogP contribution in [0.1, 0.15) is 6.42 Å². The van der Waals surface area contributed by atoms with Crippen LogP contribution in [0.25, 0.3) is 0 Å². The molecule has 0 aliphatic carbocycles. The standard InChI is InChI=1S/C10H13F2N3O2S/c1-15(5-4-10(13)14)18(16,17)7-2-3-8(11)9(12)6-7/h2-3,6H,4-5H2,1H3,(H3,13,14). The molecule has 18 heavy (non-hydrogen) atoms. The number of hydrogen-bond donors (Lipinski definition) is 2. The van der Waals surface area contributed by atoms with E-state index < -0.39 is 21.7 Å². The van der Waals surface area contributed by atoms with Crippen molar-refractivity contribution < 1.29 is 17.2 Å². The molecule has 0 radical (unpaired) electrons. The van der Waals surface area contributed by atoms with Gasteiger partial charge in [-0.25, -0.2) is 21.5 Å². The van der Waals surface area contributed by atoms with Gasteiger partial charge in [-0.1, -0.05) is 0 Å². The number of nitrogens with one attached hydrogen (secondary N) is 1. The van der Waals surface area contributed by atoms with Gasteiger partial charge in [0.15, 0.2) is 11.6 Å². The van der Waals surface area contributed by atoms with Gasteiger partial charge in [0.2, 0.25) is 10.0 Å². The summed E-state index contributed by atoms with van der Waals surface area (Å²) in [6, 6.07) is 2.36. The molecule has 0 aromatic heterocycles. The van der Waals surface area contributed by atoms with Gasteiger partial charge in [0.25, 0.3) is 0 Å². The molecule has 3 N–H and O–H groups in total. The lowest BCUT2D eigenvalue weighted by Crippen LogP contribution is -2.30. The zero-order chi connectivity index (χ0) is 13.9. The van der Waals surface area contributed by atoms with Crippen LogP contribution in [-0.2, 0) is 10.0 Å². The van der Waals surface area contributed by atoms with E-state index in [0.29, 0.717) is 6.07 Å². The van der Waals surface area contributed by atoms with Crippen molar-refractivity contribution in [2.24, 2.45) is 5.73 Å². The molecule has 0 aliphatic heterocycles. The highest BCUT2D eigenvalue weighted by molar-refractivity contribution is 7.89. The molecule has 0 fully saturated rings. The van der Waals surface area contributed by atoms with Crippen molar-refractivity contribution in [3.05, 3.63) is 29.8 Å². The SMILES string of the molecule is CN(CCC(=N)N)S(=O)(=O)c1ccc(F)c(F)c1. The predicted octanol–water partition coefficient (Wildman–Crippen LogP) is 0.911. The molecule has 1 aromatic carbocycles. The first kappa shape index (κ1) is 14.5. The third-order valence-electron chi connectivity index (χ3n) is 2.30. The maximum absolute atomic E-state index is 13.0. The molecular weight excluding hydrogens is 264 g/mol. The first-order chi connectivity index (χ1) is 8.25. The van der Waals surface area contributed by atoms with Crippen LogP contribution in [0.15, 0.2) is 23.1 Å². The minimum Gasteiger partial charge on any atom is -0.388 e. The number of benzene rings is 1. The van der Waals surface area contributed by atoms with Crippen LogP contribution in [0.5, 0.6) is 0 Å². The fraction of sp³-hybridized carbons (Fsp3) is 0.300. The summed E-state index contributed by atoms with van der Waals surface area (Å²) < 4.78 is 50.5. The summed E-state index contributed by atoms with van der Waals surface area (Å²) >= 11 is 0. The van der Waals surface area contributed by atoms with Crippen molar-refractivity contribution in [3.8, 4) is 0 Å². The van der Waals surface area contributed by atoms with Gasteiger partial charge < -0.3 is 5.73 Å². The number of amidine groups is 1. The molecule has 8 heteroatoms. The summed E-state index contributed by atoms with van der Waals surface area (Å²) in [5, 5.41) is 7.01. The van der Waals surface area contributed by atoms with Crippen molar-refractivity contribution in [2.45, 2.75) is 11.3 Å². The molecule has 0 amide bonds. The number of rotatable bonds is 5. The molecule has 1 aromatic rings.